The minimum atomic E-state index is -0.740. The van der Waals surface area contributed by atoms with Crippen LogP contribution in [0.25, 0.3) is 0 Å². The zero-order valence-corrected chi connectivity index (χ0v) is 7.96. The number of aliphatic hydroxyl groups excluding tert-OH is 1. The number of hydrogen-bond donors (Lipinski definition) is 2. The fourth-order valence-electron chi connectivity index (χ4n) is 2.16. The summed E-state index contributed by atoms with van der Waals surface area (Å²) in [7, 11) is 0. The molecule has 0 fully saturated rings. The molecule has 0 saturated carbocycles. The lowest BCUT2D eigenvalue weighted by molar-refractivity contribution is 0.178. The lowest BCUT2D eigenvalue weighted by Crippen LogP contribution is -2.43. The van der Waals surface area contributed by atoms with Crippen molar-refractivity contribution in [2.75, 3.05) is 6.61 Å². The third kappa shape index (κ3) is 1.33. The van der Waals surface area contributed by atoms with E-state index in [1.807, 2.05) is 6.07 Å². The average molecular weight is 195 g/mol. The van der Waals surface area contributed by atoms with Gasteiger partial charge in [-0.25, -0.2) is 4.39 Å². The monoisotopic (exact) mass is 195 g/mol. The highest BCUT2D eigenvalue weighted by Crippen LogP contribution is 2.33. The molecule has 0 aliphatic heterocycles. The van der Waals surface area contributed by atoms with E-state index in [0.29, 0.717) is 5.56 Å². The van der Waals surface area contributed by atoms with Crippen LogP contribution in [0.15, 0.2) is 18.2 Å². The summed E-state index contributed by atoms with van der Waals surface area (Å²) in [6.45, 7) is -0.122. The van der Waals surface area contributed by atoms with Gasteiger partial charge in [0.05, 0.1) is 12.1 Å². The number of hydrogen-bond acceptors (Lipinski definition) is 2. The van der Waals surface area contributed by atoms with Crippen molar-refractivity contribution in [3.63, 3.8) is 0 Å². The van der Waals surface area contributed by atoms with Gasteiger partial charge < -0.3 is 10.8 Å². The van der Waals surface area contributed by atoms with Crippen LogP contribution in [0.5, 0.6) is 0 Å². The molecule has 14 heavy (non-hydrogen) atoms. The molecule has 0 bridgehead atoms. The van der Waals surface area contributed by atoms with Gasteiger partial charge in [0.15, 0.2) is 0 Å². The highest BCUT2D eigenvalue weighted by atomic mass is 19.1. The van der Waals surface area contributed by atoms with Crippen molar-refractivity contribution in [1.82, 2.24) is 0 Å². The third-order valence-corrected chi connectivity index (χ3v) is 2.99. The van der Waals surface area contributed by atoms with Crippen LogP contribution in [0.1, 0.15) is 24.0 Å². The highest BCUT2D eigenvalue weighted by molar-refractivity contribution is 5.37. The van der Waals surface area contributed by atoms with E-state index in [1.165, 1.54) is 6.07 Å². The standard InChI is InChI=1S/C11H14FNO/c12-10-5-1-4-9-8(10)3-2-6-11(9,13)7-14/h1,4-5,14H,2-3,6-7,13H2/t11-/m1/s1. The van der Waals surface area contributed by atoms with E-state index in [0.717, 1.165) is 24.8 Å². The summed E-state index contributed by atoms with van der Waals surface area (Å²) in [5, 5.41) is 9.24. The summed E-state index contributed by atoms with van der Waals surface area (Å²) in [4.78, 5) is 0. The predicted octanol–water partition coefficient (Wildman–Crippen LogP) is 1.31. The smallest absolute Gasteiger partial charge is 0.126 e. The van der Waals surface area contributed by atoms with Crippen LogP contribution in [0.4, 0.5) is 4.39 Å². The average Bonchev–Trinajstić information content (AvgIpc) is 2.20. The number of fused-ring (bicyclic) bond motifs is 1. The van der Waals surface area contributed by atoms with E-state index in [-0.39, 0.29) is 12.4 Å². The Bertz CT molecular complexity index is 353. The molecular formula is C11H14FNO. The Morgan fingerprint density at radius 3 is 3.00 bits per heavy atom. The van der Waals surface area contributed by atoms with Crippen LogP contribution >= 0.6 is 0 Å². The Hall–Kier alpha value is -0.930. The molecule has 0 aromatic heterocycles. The highest BCUT2D eigenvalue weighted by Gasteiger charge is 2.32. The van der Waals surface area contributed by atoms with Gasteiger partial charge >= 0.3 is 0 Å². The quantitative estimate of drug-likeness (QED) is 0.709. The first-order valence-electron chi connectivity index (χ1n) is 4.85. The molecule has 1 aliphatic rings. The van der Waals surface area contributed by atoms with Crippen LogP contribution in [0.2, 0.25) is 0 Å². The summed E-state index contributed by atoms with van der Waals surface area (Å²) in [6, 6.07) is 4.91. The van der Waals surface area contributed by atoms with Gasteiger partial charge in [-0.15, -0.1) is 0 Å². The van der Waals surface area contributed by atoms with Gasteiger partial charge in [0.25, 0.3) is 0 Å². The minimum Gasteiger partial charge on any atom is -0.394 e. The third-order valence-electron chi connectivity index (χ3n) is 2.99. The number of nitrogens with two attached hydrogens (primary N) is 1. The van der Waals surface area contributed by atoms with Crippen molar-refractivity contribution in [3.05, 3.63) is 35.1 Å². The predicted molar refractivity (Wildman–Crippen MR) is 52.3 cm³/mol. The summed E-state index contributed by atoms with van der Waals surface area (Å²) in [5.74, 6) is -0.203. The molecule has 76 valence electrons. The van der Waals surface area contributed by atoms with Crippen LogP contribution in [0.3, 0.4) is 0 Å². The molecular weight excluding hydrogens is 181 g/mol. The molecule has 1 aliphatic carbocycles. The van der Waals surface area contributed by atoms with Crippen molar-refractivity contribution in [2.45, 2.75) is 24.8 Å². The van der Waals surface area contributed by atoms with Gasteiger partial charge in [-0.05, 0) is 36.5 Å². The molecule has 0 saturated heterocycles. The second-order valence-corrected chi connectivity index (χ2v) is 3.93. The van der Waals surface area contributed by atoms with Gasteiger partial charge in [-0.3, -0.25) is 0 Å². The Labute approximate surface area is 82.5 Å². The molecule has 0 spiro atoms. The largest absolute Gasteiger partial charge is 0.394 e. The Morgan fingerprint density at radius 2 is 2.29 bits per heavy atom. The maximum Gasteiger partial charge on any atom is 0.126 e. The second kappa shape index (κ2) is 3.33. The zero-order chi connectivity index (χ0) is 10.2. The lowest BCUT2D eigenvalue weighted by atomic mass is 9.77. The summed E-state index contributed by atoms with van der Waals surface area (Å²) >= 11 is 0. The summed E-state index contributed by atoms with van der Waals surface area (Å²) in [5.41, 5.74) is 6.73. The Balaban J connectivity index is 2.55. The van der Waals surface area contributed by atoms with E-state index >= 15 is 0 Å². The molecule has 0 unspecified atom stereocenters. The number of aliphatic hydroxyl groups is 1. The van der Waals surface area contributed by atoms with E-state index in [2.05, 4.69) is 0 Å². The van der Waals surface area contributed by atoms with Crippen molar-refractivity contribution in [3.8, 4) is 0 Å². The molecule has 0 heterocycles. The van der Waals surface area contributed by atoms with Gasteiger partial charge in [0.2, 0.25) is 0 Å². The number of rotatable bonds is 1. The first kappa shape index (κ1) is 9.62. The van der Waals surface area contributed by atoms with Gasteiger partial charge in [-0.2, -0.15) is 0 Å². The summed E-state index contributed by atoms with van der Waals surface area (Å²) < 4.78 is 13.4. The van der Waals surface area contributed by atoms with Gasteiger partial charge in [0.1, 0.15) is 5.82 Å². The lowest BCUT2D eigenvalue weighted by Gasteiger charge is -2.34. The number of benzene rings is 1. The van der Waals surface area contributed by atoms with Crippen molar-refractivity contribution in [2.24, 2.45) is 5.73 Å². The molecule has 0 amide bonds. The topological polar surface area (TPSA) is 46.2 Å². The van der Waals surface area contributed by atoms with Crippen LogP contribution < -0.4 is 5.73 Å². The molecule has 3 N–H and O–H groups in total. The zero-order valence-electron chi connectivity index (χ0n) is 7.96. The van der Waals surface area contributed by atoms with E-state index in [1.54, 1.807) is 6.07 Å². The molecule has 0 radical (unpaired) electrons. The van der Waals surface area contributed by atoms with Crippen molar-refractivity contribution >= 4 is 0 Å². The SMILES string of the molecule is N[C@@]1(CO)CCCc2c(F)cccc21. The molecule has 1 atom stereocenters. The molecule has 1 aromatic rings. The van der Waals surface area contributed by atoms with Crippen molar-refractivity contribution < 1.29 is 9.50 Å². The first-order valence-corrected chi connectivity index (χ1v) is 4.85. The van der Waals surface area contributed by atoms with Gasteiger partial charge in [0, 0.05) is 0 Å². The number of halogens is 1. The second-order valence-electron chi connectivity index (χ2n) is 3.93. The van der Waals surface area contributed by atoms with Crippen LogP contribution in [-0.2, 0) is 12.0 Å². The van der Waals surface area contributed by atoms with E-state index in [4.69, 9.17) is 5.73 Å². The Morgan fingerprint density at radius 1 is 1.50 bits per heavy atom. The Kier molecular flexibility index (Phi) is 2.29. The van der Waals surface area contributed by atoms with Crippen LogP contribution in [0, 0.1) is 5.82 Å². The van der Waals surface area contributed by atoms with Crippen LogP contribution in [-0.4, -0.2) is 11.7 Å². The first-order chi connectivity index (χ1) is 6.67. The van der Waals surface area contributed by atoms with E-state index < -0.39 is 5.54 Å². The summed E-state index contributed by atoms with van der Waals surface area (Å²) in [6.07, 6.45) is 2.28. The fourth-order valence-corrected chi connectivity index (χ4v) is 2.16. The maximum atomic E-state index is 13.4. The van der Waals surface area contributed by atoms with Gasteiger partial charge in [-0.1, -0.05) is 12.1 Å². The molecule has 2 rings (SSSR count). The fraction of sp³-hybridized carbons (Fsp3) is 0.455. The molecule has 2 nitrogen and oxygen atoms in total. The van der Waals surface area contributed by atoms with Crippen molar-refractivity contribution in [1.29, 1.82) is 0 Å². The molecule has 1 aromatic carbocycles. The maximum absolute atomic E-state index is 13.4. The van der Waals surface area contributed by atoms with E-state index in [9.17, 15) is 9.50 Å². The normalized spacial score (nSPS) is 25.9. The molecule has 3 heteroatoms. The minimum absolute atomic E-state index is 0.122.